The van der Waals surface area contributed by atoms with Crippen LogP contribution < -0.4 is 0 Å². The minimum absolute atomic E-state index is 0.179. The predicted octanol–water partition coefficient (Wildman–Crippen LogP) is 3.83. The summed E-state index contributed by atoms with van der Waals surface area (Å²) in [7, 11) is 0. The summed E-state index contributed by atoms with van der Waals surface area (Å²) in [6.07, 6.45) is 0. The van der Waals surface area contributed by atoms with E-state index in [9.17, 15) is 0 Å². The Labute approximate surface area is 123 Å². The number of H-pyrrole nitrogens is 1. The summed E-state index contributed by atoms with van der Waals surface area (Å²) in [5.41, 5.74) is 4.35. The van der Waals surface area contributed by atoms with Crippen molar-refractivity contribution in [2.75, 3.05) is 0 Å². The molecule has 20 heavy (non-hydrogen) atoms. The van der Waals surface area contributed by atoms with E-state index in [4.69, 9.17) is 12.2 Å². The molecular weight excluding hydrogens is 268 g/mol. The van der Waals surface area contributed by atoms with Crippen molar-refractivity contribution in [3.05, 3.63) is 46.4 Å². The van der Waals surface area contributed by atoms with Crippen LogP contribution in [0.15, 0.2) is 30.3 Å². The van der Waals surface area contributed by atoms with Gasteiger partial charge in [-0.1, -0.05) is 30.3 Å². The fourth-order valence-corrected chi connectivity index (χ4v) is 3.03. The lowest BCUT2D eigenvalue weighted by Crippen LogP contribution is -2.10. The molecule has 1 atom stereocenters. The number of imidazole rings is 1. The highest BCUT2D eigenvalue weighted by atomic mass is 32.1. The van der Waals surface area contributed by atoms with Gasteiger partial charge in [-0.2, -0.15) is 5.10 Å². The van der Waals surface area contributed by atoms with Crippen LogP contribution in [0.4, 0.5) is 0 Å². The topological polar surface area (TPSA) is 38.5 Å². The Morgan fingerprint density at radius 2 is 2.00 bits per heavy atom. The molecule has 0 spiro atoms. The Balaban J connectivity index is 2.26. The third-order valence-electron chi connectivity index (χ3n) is 3.75. The van der Waals surface area contributed by atoms with Gasteiger partial charge < -0.3 is 4.98 Å². The molecule has 0 saturated heterocycles. The molecule has 0 aliphatic heterocycles. The van der Waals surface area contributed by atoms with Gasteiger partial charge in [-0.05, 0) is 38.6 Å². The van der Waals surface area contributed by atoms with Crippen LogP contribution in [-0.2, 0) is 6.54 Å². The van der Waals surface area contributed by atoms with Crippen LogP contribution in [0.5, 0.6) is 0 Å². The number of benzene rings is 1. The van der Waals surface area contributed by atoms with Gasteiger partial charge in [-0.15, -0.1) is 0 Å². The highest BCUT2D eigenvalue weighted by Gasteiger charge is 2.18. The molecule has 2 aromatic heterocycles. The van der Waals surface area contributed by atoms with Gasteiger partial charge in [0.1, 0.15) is 5.52 Å². The van der Waals surface area contributed by atoms with Crippen molar-refractivity contribution in [1.82, 2.24) is 19.3 Å². The van der Waals surface area contributed by atoms with Gasteiger partial charge in [-0.3, -0.25) is 4.57 Å². The fraction of sp³-hybridized carbons (Fsp3) is 0.333. The van der Waals surface area contributed by atoms with E-state index in [2.05, 4.69) is 52.8 Å². The second kappa shape index (κ2) is 4.90. The summed E-state index contributed by atoms with van der Waals surface area (Å²) in [5.74, 6) is 0. The quantitative estimate of drug-likeness (QED) is 0.743. The molecular formula is C15H18N4S. The van der Waals surface area contributed by atoms with Gasteiger partial charge in [0.15, 0.2) is 10.4 Å². The number of aryl methyl sites for hydroxylation is 2. The van der Waals surface area contributed by atoms with Crippen LogP contribution in [0.1, 0.15) is 31.1 Å². The highest BCUT2D eigenvalue weighted by Crippen LogP contribution is 2.25. The molecule has 1 unspecified atom stereocenters. The van der Waals surface area contributed by atoms with Crippen LogP contribution in [-0.4, -0.2) is 19.3 Å². The molecule has 0 amide bonds. The van der Waals surface area contributed by atoms with Crippen molar-refractivity contribution < 1.29 is 0 Å². The van der Waals surface area contributed by atoms with Crippen LogP contribution in [0.2, 0.25) is 0 Å². The monoisotopic (exact) mass is 286 g/mol. The van der Waals surface area contributed by atoms with Crippen LogP contribution in [0.3, 0.4) is 0 Å². The van der Waals surface area contributed by atoms with Crippen LogP contribution in [0.25, 0.3) is 11.2 Å². The summed E-state index contributed by atoms with van der Waals surface area (Å²) >= 11 is 5.52. The summed E-state index contributed by atoms with van der Waals surface area (Å²) in [5, 5.41) is 4.56. The zero-order valence-corrected chi connectivity index (χ0v) is 12.7. The second-order valence-electron chi connectivity index (χ2n) is 4.99. The second-order valence-corrected chi connectivity index (χ2v) is 5.37. The Bertz CT molecular complexity index is 794. The SMILES string of the molecule is CCn1nc(C)c2[nH]c(=S)n(C(C)c3ccccc3)c21. The Kier molecular flexibility index (Phi) is 3.22. The van der Waals surface area contributed by atoms with Gasteiger partial charge in [-0.25, -0.2) is 4.68 Å². The van der Waals surface area contributed by atoms with Crippen molar-refractivity contribution in [3.63, 3.8) is 0 Å². The number of hydrogen-bond donors (Lipinski definition) is 1. The minimum Gasteiger partial charge on any atom is -0.328 e. The lowest BCUT2D eigenvalue weighted by atomic mass is 10.1. The maximum absolute atomic E-state index is 5.52. The van der Waals surface area contributed by atoms with Gasteiger partial charge in [0, 0.05) is 6.54 Å². The molecule has 3 rings (SSSR count). The first-order valence-corrected chi connectivity index (χ1v) is 7.27. The number of fused-ring (bicyclic) bond motifs is 1. The highest BCUT2D eigenvalue weighted by molar-refractivity contribution is 7.71. The van der Waals surface area contributed by atoms with E-state index in [0.29, 0.717) is 0 Å². The molecule has 0 fully saturated rings. The van der Waals surface area contributed by atoms with Crippen molar-refractivity contribution in [3.8, 4) is 0 Å². The average molecular weight is 286 g/mol. The van der Waals surface area contributed by atoms with Crippen molar-refractivity contribution in [2.24, 2.45) is 0 Å². The Morgan fingerprint density at radius 1 is 1.30 bits per heavy atom. The van der Waals surface area contributed by atoms with Crippen molar-refractivity contribution in [2.45, 2.75) is 33.4 Å². The van der Waals surface area contributed by atoms with Gasteiger partial charge in [0.2, 0.25) is 0 Å². The number of nitrogens with one attached hydrogen (secondary N) is 1. The molecule has 0 saturated carbocycles. The molecule has 3 aromatic rings. The van der Waals surface area contributed by atoms with E-state index < -0.39 is 0 Å². The zero-order chi connectivity index (χ0) is 14.3. The maximum atomic E-state index is 5.52. The van der Waals surface area contributed by atoms with Crippen molar-refractivity contribution in [1.29, 1.82) is 0 Å². The molecule has 0 bridgehead atoms. The fourth-order valence-electron chi connectivity index (χ4n) is 2.68. The summed E-state index contributed by atoms with van der Waals surface area (Å²) in [4.78, 5) is 3.30. The number of aromatic amines is 1. The van der Waals surface area contributed by atoms with E-state index >= 15 is 0 Å². The summed E-state index contributed by atoms with van der Waals surface area (Å²) in [6, 6.07) is 10.6. The standard InChI is InChI=1S/C15H18N4S/c1-4-18-14-13(10(2)17-18)16-15(20)19(14)11(3)12-8-6-5-7-9-12/h5-9,11H,4H2,1-3H3,(H,16,20). The van der Waals surface area contributed by atoms with E-state index in [1.807, 2.05) is 17.7 Å². The molecule has 4 nitrogen and oxygen atoms in total. The first-order chi connectivity index (χ1) is 9.63. The molecule has 1 N–H and O–H groups in total. The third-order valence-corrected chi connectivity index (χ3v) is 4.05. The molecule has 0 radical (unpaired) electrons. The largest absolute Gasteiger partial charge is 0.328 e. The van der Waals surface area contributed by atoms with Crippen LogP contribution in [0, 0.1) is 11.7 Å². The minimum atomic E-state index is 0.179. The van der Waals surface area contributed by atoms with E-state index in [0.717, 1.165) is 28.2 Å². The summed E-state index contributed by atoms with van der Waals surface area (Å²) < 4.78 is 4.92. The van der Waals surface area contributed by atoms with Crippen molar-refractivity contribution >= 4 is 23.4 Å². The average Bonchev–Trinajstić information content (AvgIpc) is 2.96. The van der Waals surface area contributed by atoms with Gasteiger partial charge >= 0.3 is 0 Å². The smallest absolute Gasteiger partial charge is 0.179 e. The number of rotatable bonds is 3. The Morgan fingerprint density at radius 3 is 2.65 bits per heavy atom. The number of nitrogens with zero attached hydrogens (tertiary/aromatic N) is 3. The zero-order valence-electron chi connectivity index (χ0n) is 11.9. The first kappa shape index (κ1) is 13.1. The van der Waals surface area contributed by atoms with Crippen LogP contribution >= 0.6 is 12.2 Å². The van der Waals surface area contributed by atoms with E-state index in [1.54, 1.807) is 0 Å². The molecule has 2 heterocycles. The maximum Gasteiger partial charge on any atom is 0.179 e. The molecule has 0 aliphatic carbocycles. The molecule has 0 aliphatic rings. The van der Waals surface area contributed by atoms with E-state index in [-0.39, 0.29) is 6.04 Å². The van der Waals surface area contributed by atoms with Gasteiger partial charge in [0.25, 0.3) is 0 Å². The lowest BCUT2D eigenvalue weighted by molar-refractivity contribution is 0.596. The number of aromatic nitrogens is 4. The number of hydrogen-bond acceptors (Lipinski definition) is 2. The summed E-state index contributed by atoms with van der Waals surface area (Å²) in [6.45, 7) is 7.11. The van der Waals surface area contributed by atoms with Gasteiger partial charge in [0.05, 0.1) is 11.7 Å². The lowest BCUT2D eigenvalue weighted by Gasteiger charge is -2.15. The molecule has 5 heteroatoms. The molecule has 104 valence electrons. The first-order valence-electron chi connectivity index (χ1n) is 6.86. The molecule has 1 aromatic carbocycles. The van der Waals surface area contributed by atoms with E-state index in [1.165, 1.54) is 5.56 Å². The predicted molar refractivity (Wildman–Crippen MR) is 83.6 cm³/mol. The normalized spacial score (nSPS) is 12.9. The Hall–Kier alpha value is -1.88. The third kappa shape index (κ3) is 1.89.